The minimum atomic E-state index is -3.32. The van der Waals surface area contributed by atoms with Crippen LogP contribution in [0.1, 0.15) is 16.1 Å². The first-order valence-electron chi connectivity index (χ1n) is 10.2. The third-order valence-electron chi connectivity index (χ3n) is 4.93. The van der Waals surface area contributed by atoms with Crippen LogP contribution in [0, 0.1) is 0 Å². The second kappa shape index (κ2) is 9.57. The lowest BCUT2D eigenvalue weighted by Gasteiger charge is -2.01. The SMILES string of the molecule is CS(=O)(=O)c1ccc2nc(NC(=O)Cc3csc(SCC(=O)c4ccc5c(c4)OCO5)n3)sc2c1. The smallest absolute Gasteiger partial charge is 0.232 e. The van der Waals surface area contributed by atoms with E-state index >= 15 is 0 Å². The van der Waals surface area contributed by atoms with Crippen molar-refractivity contribution in [1.29, 1.82) is 0 Å². The lowest BCUT2D eigenvalue weighted by atomic mass is 10.1. The van der Waals surface area contributed by atoms with Crippen molar-refractivity contribution < 1.29 is 27.5 Å². The predicted molar refractivity (Wildman–Crippen MR) is 135 cm³/mol. The van der Waals surface area contributed by atoms with E-state index in [1.54, 1.807) is 35.7 Å². The number of thioether (sulfide) groups is 1. The maximum Gasteiger partial charge on any atom is 0.232 e. The van der Waals surface area contributed by atoms with Crippen molar-refractivity contribution in [3.8, 4) is 11.5 Å². The van der Waals surface area contributed by atoms with Gasteiger partial charge in [-0.1, -0.05) is 23.1 Å². The van der Waals surface area contributed by atoms with Gasteiger partial charge in [-0.25, -0.2) is 18.4 Å². The fraction of sp³-hybridized carbons (Fsp3) is 0.182. The van der Waals surface area contributed by atoms with Gasteiger partial charge in [-0.05, 0) is 36.4 Å². The van der Waals surface area contributed by atoms with E-state index in [4.69, 9.17) is 9.47 Å². The van der Waals surface area contributed by atoms with Crippen LogP contribution in [0.25, 0.3) is 10.2 Å². The fourth-order valence-electron chi connectivity index (χ4n) is 3.23. The quantitative estimate of drug-likeness (QED) is 0.257. The molecule has 5 rings (SSSR count). The van der Waals surface area contributed by atoms with Gasteiger partial charge in [0.05, 0.1) is 33.0 Å². The number of ether oxygens (including phenoxy) is 2. The van der Waals surface area contributed by atoms with Crippen molar-refractivity contribution in [3.63, 3.8) is 0 Å². The number of thiazole rings is 2. The summed E-state index contributed by atoms with van der Waals surface area (Å²) < 4.78 is 35.4. The zero-order valence-electron chi connectivity index (χ0n) is 18.1. The molecule has 0 saturated heterocycles. The Labute approximate surface area is 212 Å². The molecule has 13 heteroatoms. The molecule has 2 aromatic carbocycles. The largest absolute Gasteiger partial charge is 0.454 e. The van der Waals surface area contributed by atoms with Crippen LogP contribution >= 0.6 is 34.4 Å². The van der Waals surface area contributed by atoms with Crippen molar-refractivity contribution in [2.24, 2.45) is 0 Å². The maximum atomic E-state index is 12.5. The molecule has 4 aromatic rings. The summed E-state index contributed by atoms with van der Waals surface area (Å²) in [5.41, 5.74) is 1.74. The van der Waals surface area contributed by atoms with Gasteiger partial charge in [0.15, 0.2) is 36.6 Å². The number of hydrogen-bond acceptors (Lipinski definition) is 11. The lowest BCUT2D eigenvalue weighted by Crippen LogP contribution is -2.14. The van der Waals surface area contributed by atoms with E-state index in [9.17, 15) is 18.0 Å². The molecule has 0 spiro atoms. The van der Waals surface area contributed by atoms with Crippen molar-refractivity contribution in [3.05, 3.63) is 53.0 Å². The van der Waals surface area contributed by atoms with Crippen molar-refractivity contribution >= 4 is 71.3 Å². The first-order valence-corrected chi connectivity index (χ1v) is 14.7. The molecule has 1 N–H and O–H groups in total. The Hall–Kier alpha value is -3.00. The average Bonchev–Trinajstić information content (AvgIpc) is 3.54. The number of fused-ring (bicyclic) bond motifs is 2. The van der Waals surface area contributed by atoms with Crippen LogP contribution in [-0.2, 0) is 21.1 Å². The highest BCUT2D eigenvalue weighted by Crippen LogP contribution is 2.33. The molecular formula is C22H17N3O6S4. The minimum Gasteiger partial charge on any atom is -0.454 e. The molecule has 0 bridgehead atoms. The third kappa shape index (κ3) is 5.48. The molecule has 0 unspecified atom stereocenters. The number of sulfone groups is 1. The molecular weight excluding hydrogens is 531 g/mol. The molecule has 2 aromatic heterocycles. The van der Waals surface area contributed by atoms with Crippen LogP contribution in [-0.4, -0.2) is 48.9 Å². The Bertz CT molecular complexity index is 1560. The second-order valence-electron chi connectivity index (χ2n) is 7.53. The van der Waals surface area contributed by atoms with Crippen LogP contribution in [0.15, 0.2) is 51.0 Å². The Balaban J connectivity index is 1.16. The standard InChI is InChI=1S/C22H17N3O6S4/c1-35(28,29)14-3-4-15-19(8-14)34-21(24-15)25-20(27)7-13-9-32-22(23-13)33-10-16(26)12-2-5-17-18(6-12)31-11-30-17/h2-6,8-9H,7,10-11H2,1H3,(H,24,25,27). The number of anilines is 1. The van der Waals surface area contributed by atoms with Crippen LogP contribution in [0.3, 0.4) is 0 Å². The highest BCUT2D eigenvalue weighted by Gasteiger charge is 2.17. The summed E-state index contributed by atoms with van der Waals surface area (Å²) in [6.45, 7) is 0.153. The second-order valence-corrected chi connectivity index (χ2v) is 12.7. The van der Waals surface area contributed by atoms with Gasteiger partial charge in [0.1, 0.15) is 0 Å². The van der Waals surface area contributed by atoms with Gasteiger partial charge in [0, 0.05) is 17.2 Å². The molecule has 1 amide bonds. The van der Waals surface area contributed by atoms with Crippen molar-refractivity contribution in [2.45, 2.75) is 15.7 Å². The number of amides is 1. The molecule has 0 atom stereocenters. The van der Waals surface area contributed by atoms with E-state index < -0.39 is 9.84 Å². The summed E-state index contributed by atoms with van der Waals surface area (Å²) in [5, 5.41) is 4.91. The number of hydrogen-bond donors (Lipinski definition) is 1. The molecule has 3 heterocycles. The van der Waals surface area contributed by atoms with E-state index in [1.165, 1.54) is 40.5 Å². The number of ketones is 1. The number of Topliss-reactive ketones (excluding diaryl/α,β-unsaturated/α-hetero) is 1. The Kier molecular flexibility index (Phi) is 6.49. The van der Waals surface area contributed by atoms with Gasteiger partial charge in [-0.2, -0.15) is 0 Å². The number of nitrogens with zero attached hydrogens (tertiary/aromatic N) is 2. The molecule has 35 heavy (non-hydrogen) atoms. The first kappa shape index (κ1) is 23.7. The summed E-state index contributed by atoms with van der Waals surface area (Å²) in [7, 11) is -3.32. The fourth-order valence-corrected chi connectivity index (χ4v) is 6.62. The number of carbonyl (C=O) groups excluding carboxylic acids is 2. The van der Waals surface area contributed by atoms with E-state index in [0.717, 1.165) is 6.26 Å². The molecule has 0 fully saturated rings. The molecule has 0 saturated carbocycles. The molecule has 0 radical (unpaired) electrons. The average molecular weight is 548 g/mol. The topological polar surface area (TPSA) is 125 Å². The van der Waals surface area contributed by atoms with Crippen LogP contribution < -0.4 is 14.8 Å². The molecule has 0 aliphatic carbocycles. The van der Waals surface area contributed by atoms with E-state index in [0.29, 0.717) is 42.4 Å². The number of carbonyl (C=O) groups is 2. The van der Waals surface area contributed by atoms with Crippen molar-refractivity contribution in [1.82, 2.24) is 9.97 Å². The van der Waals surface area contributed by atoms with E-state index in [1.807, 2.05) is 0 Å². The van der Waals surface area contributed by atoms with Crippen molar-refractivity contribution in [2.75, 3.05) is 24.1 Å². The lowest BCUT2D eigenvalue weighted by molar-refractivity contribution is -0.115. The van der Waals surface area contributed by atoms with Crippen LogP contribution in [0.5, 0.6) is 11.5 Å². The van der Waals surface area contributed by atoms with E-state index in [2.05, 4.69) is 15.3 Å². The zero-order chi connectivity index (χ0) is 24.6. The van der Waals surface area contributed by atoms with Gasteiger partial charge in [0.25, 0.3) is 0 Å². The molecule has 1 aliphatic heterocycles. The highest BCUT2D eigenvalue weighted by molar-refractivity contribution is 8.01. The van der Waals surface area contributed by atoms with Gasteiger partial charge < -0.3 is 14.8 Å². The molecule has 180 valence electrons. The molecule has 9 nitrogen and oxygen atoms in total. The van der Waals surface area contributed by atoms with Gasteiger partial charge in [0.2, 0.25) is 12.7 Å². The summed E-state index contributed by atoms with van der Waals surface area (Å²) in [5.74, 6) is 1.05. The van der Waals surface area contributed by atoms with Gasteiger partial charge in [-0.15, -0.1) is 11.3 Å². The summed E-state index contributed by atoms with van der Waals surface area (Å²) >= 11 is 3.88. The normalized spacial score (nSPS) is 12.7. The Morgan fingerprint density at radius 2 is 1.94 bits per heavy atom. The number of benzene rings is 2. The Morgan fingerprint density at radius 1 is 1.11 bits per heavy atom. The molecule has 1 aliphatic rings. The number of rotatable bonds is 8. The van der Waals surface area contributed by atoms with Crippen LogP contribution in [0.4, 0.5) is 5.13 Å². The zero-order valence-corrected chi connectivity index (χ0v) is 21.4. The van der Waals surface area contributed by atoms with E-state index in [-0.39, 0.29) is 35.6 Å². The maximum absolute atomic E-state index is 12.5. The van der Waals surface area contributed by atoms with Gasteiger partial charge in [-0.3, -0.25) is 9.59 Å². The monoisotopic (exact) mass is 547 g/mol. The third-order valence-corrected chi connectivity index (χ3v) is 9.04. The highest BCUT2D eigenvalue weighted by atomic mass is 32.2. The summed E-state index contributed by atoms with van der Waals surface area (Å²) in [6.07, 6.45) is 1.20. The number of aromatic nitrogens is 2. The first-order chi connectivity index (χ1) is 16.7. The predicted octanol–water partition coefficient (Wildman–Crippen LogP) is 4.04. The van der Waals surface area contributed by atoms with Gasteiger partial charge >= 0.3 is 0 Å². The summed E-state index contributed by atoms with van der Waals surface area (Å²) in [6, 6.07) is 9.76. The Morgan fingerprint density at radius 3 is 2.77 bits per heavy atom. The number of nitrogens with one attached hydrogen (secondary N) is 1. The minimum absolute atomic E-state index is 0.0533. The van der Waals surface area contributed by atoms with Crippen LogP contribution in [0.2, 0.25) is 0 Å². The summed E-state index contributed by atoms with van der Waals surface area (Å²) in [4.78, 5) is 34.0.